The number of ether oxygens (including phenoxy) is 10. The van der Waals surface area contributed by atoms with Crippen LogP contribution in [0.1, 0.15) is 37.8 Å². The van der Waals surface area contributed by atoms with Crippen LogP contribution < -0.4 is 24.3 Å². The Balaban J connectivity index is 0.000000348. The summed E-state index contributed by atoms with van der Waals surface area (Å²) in [5, 5.41) is 2.52. The summed E-state index contributed by atoms with van der Waals surface area (Å²) in [5.74, 6) is -0.291. The standard InChI is InChI=1S/C20H25NO8.C15H19NO5.C5H7ClO3/c1-5-29-19(23)9-18(22)21(15-12-28-11-14(15)20(24)27-4)10-13-6-7-16(25-2)17(8-13)26-3;1-18-13-5-4-10(6-14(13)19-2)7-16-12-9-21-8-11(12)15(17)20-3;1-2-9-5(8)3-4(6)7/h6-8H,5,9-12H2,1-4H3;4-6,16H,7-9H2,1-3H3;2-3H2,1H3. The van der Waals surface area contributed by atoms with Gasteiger partial charge in [0.25, 0.3) is 0 Å². The molecule has 59 heavy (non-hydrogen) atoms. The minimum absolute atomic E-state index is 0.0249. The Kier molecular flexibility index (Phi) is 21.9. The van der Waals surface area contributed by atoms with Crippen LogP contribution in [0.5, 0.6) is 23.0 Å². The van der Waals surface area contributed by atoms with Crippen molar-refractivity contribution >= 4 is 46.6 Å². The number of halogens is 1. The number of nitrogens with one attached hydrogen (secondary N) is 1. The fourth-order valence-electron chi connectivity index (χ4n) is 5.30. The van der Waals surface area contributed by atoms with Gasteiger partial charge in [-0.15, -0.1) is 0 Å². The van der Waals surface area contributed by atoms with E-state index in [0.29, 0.717) is 53.0 Å². The molecule has 0 saturated carbocycles. The number of hydrogen-bond acceptors (Lipinski definition) is 17. The fourth-order valence-corrected chi connectivity index (χ4v) is 5.41. The molecule has 0 radical (unpaired) electrons. The van der Waals surface area contributed by atoms with Gasteiger partial charge >= 0.3 is 23.9 Å². The predicted molar refractivity (Wildman–Crippen MR) is 210 cm³/mol. The number of rotatable bonds is 18. The molecular formula is C40H51ClN2O16. The number of nitrogens with zero attached hydrogens (tertiary/aromatic N) is 1. The van der Waals surface area contributed by atoms with Crippen LogP contribution in [0.4, 0.5) is 0 Å². The van der Waals surface area contributed by atoms with E-state index in [9.17, 15) is 28.8 Å². The first-order valence-corrected chi connectivity index (χ1v) is 18.4. The Morgan fingerprint density at radius 3 is 1.66 bits per heavy atom. The first-order valence-electron chi connectivity index (χ1n) is 18.0. The molecule has 2 aliphatic heterocycles. The highest BCUT2D eigenvalue weighted by Crippen LogP contribution is 2.30. The van der Waals surface area contributed by atoms with Gasteiger partial charge in [0.05, 0.1) is 111 Å². The number of benzene rings is 2. The summed E-state index contributed by atoms with van der Waals surface area (Å²) >= 11 is 4.87. The number of amides is 1. The van der Waals surface area contributed by atoms with Crippen LogP contribution in [0, 0.1) is 0 Å². The molecule has 0 spiro atoms. The Bertz CT molecular complexity index is 1840. The van der Waals surface area contributed by atoms with Crippen LogP contribution in [-0.2, 0) is 70.3 Å². The summed E-state index contributed by atoms with van der Waals surface area (Å²) in [4.78, 5) is 70.1. The minimum atomic E-state index is -0.687. The van der Waals surface area contributed by atoms with E-state index in [4.69, 9.17) is 54.2 Å². The normalized spacial score (nSPS) is 12.8. The lowest BCUT2D eigenvalue weighted by molar-refractivity contribution is -0.148. The van der Waals surface area contributed by atoms with Crippen molar-refractivity contribution in [2.24, 2.45) is 0 Å². The number of carbonyl (C=O) groups is 6. The van der Waals surface area contributed by atoms with E-state index in [2.05, 4.69) is 10.1 Å². The van der Waals surface area contributed by atoms with Gasteiger partial charge in [-0.3, -0.25) is 19.2 Å². The number of esters is 4. The minimum Gasteiger partial charge on any atom is -0.493 e. The molecular weight excluding hydrogens is 800 g/mol. The summed E-state index contributed by atoms with van der Waals surface area (Å²) in [6, 6.07) is 10.9. The van der Waals surface area contributed by atoms with Gasteiger partial charge in [0, 0.05) is 6.54 Å². The van der Waals surface area contributed by atoms with Gasteiger partial charge in [-0.1, -0.05) is 12.1 Å². The Morgan fingerprint density at radius 2 is 1.14 bits per heavy atom. The van der Waals surface area contributed by atoms with E-state index < -0.39 is 35.5 Å². The summed E-state index contributed by atoms with van der Waals surface area (Å²) in [5.41, 5.74) is 3.63. The van der Waals surface area contributed by atoms with Crippen molar-refractivity contribution in [3.05, 3.63) is 70.1 Å². The van der Waals surface area contributed by atoms with Crippen molar-refractivity contribution < 1.29 is 76.1 Å². The van der Waals surface area contributed by atoms with Crippen LogP contribution in [0.2, 0.25) is 0 Å². The molecule has 1 amide bonds. The largest absolute Gasteiger partial charge is 0.493 e. The highest BCUT2D eigenvalue weighted by atomic mass is 35.5. The molecule has 0 fully saturated rings. The molecule has 4 rings (SSSR count). The fraction of sp³-hybridized carbons (Fsp3) is 0.450. The first kappa shape index (κ1) is 49.3. The van der Waals surface area contributed by atoms with Gasteiger partial charge in [-0.25, -0.2) is 9.59 Å². The zero-order chi connectivity index (χ0) is 43.9. The topological polar surface area (TPSA) is 210 Å². The maximum Gasteiger partial charge on any atom is 0.337 e. The van der Waals surface area contributed by atoms with Gasteiger partial charge in [0.15, 0.2) is 23.0 Å². The molecule has 0 unspecified atom stereocenters. The third kappa shape index (κ3) is 15.8. The smallest absolute Gasteiger partial charge is 0.337 e. The van der Waals surface area contributed by atoms with E-state index in [0.717, 1.165) is 11.3 Å². The van der Waals surface area contributed by atoms with Gasteiger partial charge in [0.2, 0.25) is 11.1 Å². The van der Waals surface area contributed by atoms with E-state index in [1.54, 1.807) is 46.3 Å². The highest BCUT2D eigenvalue weighted by molar-refractivity contribution is 6.64. The quantitative estimate of drug-likeness (QED) is 0.0986. The molecule has 19 heteroatoms. The van der Waals surface area contributed by atoms with Gasteiger partial charge in [-0.2, -0.15) is 0 Å². The Labute approximate surface area is 347 Å². The van der Waals surface area contributed by atoms with Gasteiger partial charge < -0.3 is 57.6 Å². The lowest BCUT2D eigenvalue weighted by Gasteiger charge is -2.24. The van der Waals surface area contributed by atoms with Gasteiger partial charge in [-0.05, 0) is 60.8 Å². The molecule has 0 saturated heterocycles. The maximum atomic E-state index is 12.9. The monoisotopic (exact) mass is 850 g/mol. The van der Waals surface area contributed by atoms with E-state index >= 15 is 0 Å². The second-order valence-corrected chi connectivity index (χ2v) is 12.3. The molecule has 0 bridgehead atoms. The van der Waals surface area contributed by atoms with Crippen LogP contribution in [0.15, 0.2) is 58.9 Å². The molecule has 2 aromatic rings. The molecule has 0 aromatic heterocycles. The van der Waals surface area contributed by atoms with Crippen LogP contribution in [-0.4, -0.2) is 122 Å². The van der Waals surface area contributed by atoms with Crippen LogP contribution >= 0.6 is 11.6 Å². The van der Waals surface area contributed by atoms with Gasteiger partial charge in [0.1, 0.15) is 12.8 Å². The number of carbonyl (C=O) groups excluding carboxylic acids is 6. The third-order valence-corrected chi connectivity index (χ3v) is 8.25. The van der Waals surface area contributed by atoms with Crippen LogP contribution in [0.3, 0.4) is 0 Å². The zero-order valence-electron chi connectivity index (χ0n) is 34.4. The molecule has 1 N–H and O–H groups in total. The predicted octanol–water partition coefficient (Wildman–Crippen LogP) is 3.40. The molecule has 2 aliphatic rings. The summed E-state index contributed by atoms with van der Waals surface area (Å²) in [6.07, 6.45) is -0.797. The van der Waals surface area contributed by atoms with Crippen molar-refractivity contribution in [3.8, 4) is 23.0 Å². The third-order valence-electron chi connectivity index (χ3n) is 8.11. The lowest BCUT2D eigenvalue weighted by atomic mass is 10.1. The average Bonchev–Trinajstić information content (AvgIpc) is 3.92. The van der Waals surface area contributed by atoms with E-state index in [1.165, 1.54) is 33.3 Å². The second kappa shape index (κ2) is 26.2. The van der Waals surface area contributed by atoms with Crippen molar-refractivity contribution in [2.45, 2.75) is 39.8 Å². The lowest BCUT2D eigenvalue weighted by Crippen LogP contribution is -2.34. The molecule has 2 heterocycles. The average molecular weight is 851 g/mol. The zero-order valence-corrected chi connectivity index (χ0v) is 35.1. The maximum absolute atomic E-state index is 12.9. The van der Waals surface area contributed by atoms with E-state index in [1.807, 2.05) is 18.2 Å². The molecule has 0 aliphatic carbocycles. The molecule has 18 nitrogen and oxygen atoms in total. The summed E-state index contributed by atoms with van der Waals surface area (Å²) < 4.78 is 50.4. The summed E-state index contributed by atoms with van der Waals surface area (Å²) in [7, 11) is 8.84. The molecule has 2 aromatic carbocycles. The van der Waals surface area contributed by atoms with Crippen molar-refractivity contribution in [3.63, 3.8) is 0 Å². The SMILES string of the molecule is CCOC(=O)CC(=O)Cl.CCOC(=O)CC(=O)N(Cc1ccc(OC)c(OC)c1)C1=C(C(=O)OC)COC1.COC(=O)C1=C(NCc2ccc(OC)c(OC)c2)COC1. The molecule has 0 atom stereocenters. The highest BCUT2D eigenvalue weighted by Gasteiger charge is 2.31. The first-order chi connectivity index (χ1) is 28.3. The van der Waals surface area contributed by atoms with Crippen molar-refractivity contribution in [1.29, 1.82) is 0 Å². The summed E-state index contributed by atoms with van der Waals surface area (Å²) in [6.45, 7) is 5.16. The van der Waals surface area contributed by atoms with Crippen LogP contribution in [0.25, 0.3) is 0 Å². The molecule has 324 valence electrons. The van der Waals surface area contributed by atoms with Crippen molar-refractivity contribution in [2.75, 3.05) is 82.3 Å². The number of methoxy groups -OCH3 is 6. The number of hydrogen-bond donors (Lipinski definition) is 1. The van der Waals surface area contributed by atoms with E-state index in [-0.39, 0.29) is 57.5 Å². The Morgan fingerprint density at radius 1 is 0.644 bits per heavy atom. The van der Waals surface area contributed by atoms with Crippen molar-refractivity contribution in [1.82, 2.24) is 10.2 Å². The second-order valence-electron chi connectivity index (χ2n) is 11.9. The Hall–Kier alpha value is -5.85.